The lowest BCUT2D eigenvalue weighted by Crippen LogP contribution is -1.99. The first-order chi connectivity index (χ1) is 8.34. The van der Waals surface area contributed by atoms with E-state index >= 15 is 0 Å². The summed E-state index contributed by atoms with van der Waals surface area (Å²) in [5.41, 5.74) is 2.76. The van der Waals surface area contributed by atoms with Crippen molar-refractivity contribution in [3.05, 3.63) is 66.1 Å². The smallest absolute Gasteiger partial charge is 0.106 e. The molecule has 0 aliphatic heterocycles. The van der Waals surface area contributed by atoms with Gasteiger partial charge >= 0.3 is 0 Å². The first-order valence-corrected chi connectivity index (χ1v) is 5.49. The molecule has 3 nitrogen and oxygen atoms in total. The van der Waals surface area contributed by atoms with E-state index in [9.17, 15) is 5.11 Å². The number of benzene rings is 1. The lowest BCUT2D eigenvalue weighted by molar-refractivity contribution is 0.220. The number of aromatic amines is 1. The summed E-state index contributed by atoms with van der Waals surface area (Å²) in [6.45, 7) is 0. The molecule has 0 saturated carbocycles. The second-order valence-corrected chi connectivity index (χ2v) is 4.01. The Kier molecular flexibility index (Phi) is 2.38. The highest BCUT2D eigenvalue weighted by atomic mass is 16.3. The van der Waals surface area contributed by atoms with Crippen LogP contribution in [0.25, 0.3) is 10.9 Å². The molecule has 0 radical (unpaired) electrons. The van der Waals surface area contributed by atoms with Gasteiger partial charge in [0.1, 0.15) is 6.10 Å². The van der Waals surface area contributed by atoms with E-state index in [-0.39, 0.29) is 0 Å². The van der Waals surface area contributed by atoms with Gasteiger partial charge in [-0.1, -0.05) is 12.1 Å². The second kappa shape index (κ2) is 4.03. The maximum atomic E-state index is 10.2. The summed E-state index contributed by atoms with van der Waals surface area (Å²) < 4.78 is 0. The van der Waals surface area contributed by atoms with Crippen LogP contribution in [0.3, 0.4) is 0 Å². The number of hydrogen-bond donors (Lipinski definition) is 2. The molecule has 1 unspecified atom stereocenters. The summed E-state index contributed by atoms with van der Waals surface area (Å²) in [6, 6.07) is 11.6. The topological polar surface area (TPSA) is 48.9 Å². The predicted octanol–water partition coefficient (Wildman–Crippen LogP) is 2.64. The van der Waals surface area contributed by atoms with Crippen LogP contribution in [-0.4, -0.2) is 15.1 Å². The molecule has 17 heavy (non-hydrogen) atoms. The Morgan fingerprint density at radius 1 is 1.12 bits per heavy atom. The van der Waals surface area contributed by atoms with E-state index < -0.39 is 6.10 Å². The number of aliphatic hydroxyl groups is 1. The first kappa shape index (κ1) is 10.1. The molecule has 0 spiro atoms. The maximum Gasteiger partial charge on any atom is 0.106 e. The fourth-order valence-electron chi connectivity index (χ4n) is 1.97. The SMILES string of the molecule is OC(c1cccnc1)c1ccc2[nH]ccc2c1. The van der Waals surface area contributed by atoms with Gasteiger partial charge in [0.25, 0.3) is 0 Å². The highest BCUT2D eigenvalue weighted by molar-refractivity contribution is 5.80. The minimum Gasteiger partial charge on any atom is -0.384 e. The number of H-pyrrole nitrogens is 1. The number of rotatable bonds is 2. The summed E-state index contributed by atoms with van der Waals surface area (Å²) in [6.07, 6.45) is 4.66. The van der Waals surface area contributed by atoms with Crippen LogP contribution in [0.1, 0.15) is 17.2 Å². The van der Waals surface area contributed by atoms with E-state index in [2.05, 4.69) is 9.97 Å². The molecule has 0 bridgehead atoms. The summed E-state index contributed by atoms with van der Waals surface area (Å²) in [5.74, 6) is 0. The molecule has 0 aliphatic carbocycles. The average molecular weight is 224 g/mol. The van der Waals surface area contributed by atoms with Crippen molar-refractivity contribution in [2.24, 2.45) is 0 Å². The summed E-state index contributed by atoms with van der Waals surface area (Å²) in [4.78, 5) is 7.15. The third kappa shape index (κ3) is 1.81. The van der Waals surface area contributed by atoms with Crippen molar-refractivity contribution in [3.63, 3.8) is 0 Å². The quantitative estimate of drug-likeness (QED) is 0.703. The molecule has 84 valence electrons. The Labute approximate surface area is 98.8 Å². The van der Waals surface area contributed by atoms with Crippen molar-refractivity contribution in [2.45, 2.75) is 6.10 Å². The maximum absolute atomic E-state index is 10.2. The standard InChI is InChI=1S/C14H12N2O/c17-14(12-2-1-6-15-9-12)11-3-4-13-10(8-11)5-7-16-13/h1-9,14,16-17H. The largest absolute Gasteiger partial charge is 0.384 e. The monoisotopic (exact) mass is 224 g/mol. The molecule has 0 amide bonds. The molecular formula is C14H12N2O. The second-order valence-electron chi connectivity index (χ2n) is 4.01. The molecule has 0 saturated heterocycles. The molecule has 2 aromatic heterocycles. The summed E-state index contributed by atoms with van der Waals surface area (Å²) in [7, 11) is 0. The van der Waals surface area contributed by atoms with E-state index in [0.29, 0.717) is 0 Å². The number of aliphatic hydroxyl groups excluding tert-OH is 1. The fourth-order valence-corrected chi connectivity index (χ4v) is 1.97. The number of nitrogens with one attached hydrogen (secondary N) is 1. The molecule has 1 atom stereocenters. The molecule has 0 fully saturated rings. The van der Waals surface area contributed by atoms with Crippen LogP contribution in [0.5, 0.6) is 0 Å². The van der Waals surface area contributed by atoms with Gasteiger partial charge in [0.15, 0.2) is 0 Å². The number of pyridine rings is 1. The van der Waals surface area contributed by atoms with Crippen molar-refractivity contribution in [3.8, 4) is 0 Å². The van der Waals surface area contributed by atoms with Gasteiger partial charge in [-0.25, -0.2) is 0 Å². The van der Waals surface area contributed by atoms with Crippen molar-refractivity contribution >= 4 is 10.9 Å². The van der Waals surface area contributed by atoms with Crippen LogP contribution in [0.2, 0.25) is 0 Å². The van der Waals surface area contributed by atoms with Crippen LogP contribution in [-0.2, 0) is 0 Å². The van der Waals surface area contributed by atoms with E-state index in [1.165, 1.54) is 0 Å². The average Bonchev–Trinajstić information content (AvgIpc) is 2.86. The zero-order valence-electron chi connectivity index (χ0n) is 9.17. The van der Waals surface area contributed by atoms with Gasteiger partial charge in [-0.05, 0) is 35.2 Å². The summed E-state index contributed by atoms with van der Waals surface area (Å²) >= 11 is 0. The highest BCUT2D eigenvalue weighted by Crippen LogP contribution is 2.24. The van der Waals surface area contributed by atoms with Gasteiger partial charge in [0.05, 0.1) is 0 Å². The lowest BCUT2D eigenvalue weighted by Gasteiger charge is -2.10. The van der Waals surface area contributed by atoms with Crippen molar-refractivity contribution in [1.29, 1.82) is 0 Å². The van der Waals surface area contributed by atoms with Gasteiger partial charge in [-0.15, -0.1) is 0 Å². The van der Waals surface area contributed by atoms with Crippen LogP contribution < -0.4 is 0 Å². The fraction of sp³-hybridized carbons (Fsp3) is 0.0714. The Hall–Kier alpha value is -2.13. The zero-order valence-corrected chi connectivity index (χ0v) is 9.17. The van der Waals surface area contributed by atoms with Crippen LogP contribution in [0, 0.1) is 0 Å². The Balaban J connectivity index is 2.03. The third-order valence-corrected chi connectivity index (χ3v) is 2.89. The van der Waals surface area contributed by atoms with E-state index in [1.807, 2.05) is 42.6 Å². The molecular weight excluding hydrogens is 212 g/mol. The third-order valence-electron chi connectivity index (χ3n) is 2.89. The van der Waals surface area contributed by atoms with E-state index in [0.717, 1.165) is 22.0 Å². The molecule has 2 heterocycles. The summed E-state index contributed by atoms with van der Waals surface area (Å²) in [5, 5.41) is 11.3. The van der Waals surface area contributed by atoms with E-state index in [4.69, 9.17) is 0 Å². The highest BCUT2D eigenvalue weighted by Gasteiger charge is 2.10. The number of hydrogen-bond acceptors (Lipinski definition) is 2. The minimum absolute atomic E-state index is 0.622. The molecule has 3 rings (SSSR count). The lowest BCUT2D eigenvalue weighted by atomic mass is 10.0. The Morgan fingerprint density at radius 3 is 2.88 bits per heavy atom. The number of aromatic nitrogens is 2. The molecule has 1 aromatic carbocycles. The van der Waals surface area contributed by atoms with Gasteiger partial charge in [-0.3, -0.25) is 4.98 Å². The first-order valence-electron chi connectivity index (χ1n) is 5.49. The van der Waals surface area contributed by atoms with Crippen molar-refractivity contribution in [2.75, 3.05) is 0 Å². The number of nitrogens with zero attached hydrogens (tertiary/aromatic N) is 1. The van der Waals surface area contributed by atoms with Crippen molar-refractivity contribution in [1.82, 2.24) is 9.97 Å². The number of fused-ring (bicyclic) bond motifs is 1. The zero-order chi connectivity index (χ0) is 11.7. The molecule has 3 aromatic rings. The van der Waals surface area contributed by atoms with Gasteiger partial charge in [0.2, 0.25) is 0 Å². The van der Waals surface area contributed by atoms with Crippen LogP contribution in [0.4, 0.5) is 0 Å². The van der Waals surface area contributed by atoms with Gasteiger partial charge in [-0.2, -0.15) is 0 Å². The predicted molar refractivity (Wildman–Crippen MR) is 66.6 cm³/mol. The van der Waals surface area contributed by atoms with Crippen molar-refractivity contribution < 1.29 is 5.11 Å². The Morgan fingerprint density at radius 2 is 2.06 bits per heavy atom. The van der Waals surface area contributed by atoms with Crippen LogP contribution in [0.15, 0.2) is 55.0 Å². The van der Waals surface area contributed by atoms with Crippen LogP contribution >= 0.6 is 0 Å². The molecule has 3 heteroatoms. The van der Waals surface area contributed by atoms with Gasteiger partial charge < -0.3 is 10.1 Å². The molecule has 2 N–H and O–H groups in total. The van der Waals surface area contributed by atoms with Gasteiger partial charge in [0, 0.05) is 29.7 Å². The molecule has 0 aliphatic rings. The van der Waals surface area contributed by atoms with E-state index in [1.54, 1.807) is 12.4 Å². The minimum atomic E-state index is -0.622. The normalized spacial score (nSPS) is 12.8. The Bertz CT molecular complexity index is 631.